The summed E-state index contributed by atoms with van der Waals surface area (Å²) in [5.74, 6) is -0.492. The quantitative estimate of drug-likeness (QED) is 0.835. The zero-order valence-corrected chi connectivity index (χ0v) is 11.5. The Morgan fingerprint density at radius 3 is 2.25 bits per heavy atom. The fourth-order valence-corrected chi connectivity index (χ4v) is 1.92. The van der Waals surface area contributed by atoms with Gasteiger partial charge in [-0.15, -0.1) is 0 Å². The van der Waals surface area contributed by atoms with Crippen molar-refractivity contribution >= 4 is 17.7 Å². The molecule has 20 heavy (non-hydrogen) atoms. The summed E-state index contributed by atoms with van der Waals surface area (Å²) in [6.07, 6.45) is 3.10. The first-order valence-electron chi connectivity index (χ1n) is 6.37. The van der Waals surface area contributed by atoms with Crippen LogP contribution in [-0.2, 0) is 4.79 Å². The van der Waals surface area contributed by atoms with E-state index in [4.69, 9.17) is 0 Å². The van der Waals surface area contributed by atoms with E-state index in [0.29, 0.717) is 0 Å². The van der Waals surface area contributed by atoms with Crippen molar-refractivity contribution in [3.05, 3.63) is 71.0 Å². The van der Waals surface area contributed by atoms with E-state index < -0.39 is 0 Å². The molecule has 0 atom stereocenters. The van der Waals surface area contributed by atoms with Crippen LogP contribution in [0.25, 0.3) is 6.08 Å². The second-order valence-corrected chi connectivity index (χ2v) is 4.64. The maximum atomic E-state index is 12.8. The molecular weight excluding hydrogens is 253 g/mol. The molecule has 0 saturated heterocycles. The van der Waals surface area contributed by atoms with Crippen LogP contribution in [0.4, 0.5) is 10.1 Å². The third-order valence-electron chi connectivity index (χ3n) is 3.03. The minimum Gasteiger partial charge on any atom is -0.322 e. The van der Waals surface area contributed by atoms with E-state index in [1.807, 2.05) is 32.0 Å². The van der Waals surface area contributed by atoms with Crippen molar-refractivity contribution in [3.63, 3.8) is 0 Å². The van der Waals surface area contributed by atoms with Crippen molar-refractivity contribution in [1.82, 2.24) is 0 Å². The van der Waals surface area contributed by atoms with Crippen LogP contribution < -0.4 is 5.32 Å². The van der Waals surface area contributed by atoms with Gasteiger partial charge in [-0.3, -0.25) is 4.79 Å². The van der Waals surface area contributed by atoms with Crippen LogP contribution in [0.5, 0.6) is 0 Å². The number of hydrogen-bond acceptors (Lipinski definition) is 1. The van der Waals surface area contributed by atoms with Crippen LogP contribution in [0.2, 0.25) is 0 Å². The van der Waals surface area contributed by atoms with E-state index in [1.54, 1.807) is 18.2 Å². The molecule has 0 bridgehead atoms. The number of halogens is 1. The lowest BCUT2D eigenvalue weighted by Crippen LogP contribution is -2.10. The molecule has 0 radical (unpaired) electrons. The highest BCUT2D eigenvalue weighted by molar-refractivity contribution is 6.02. The van der Waals surface area contributed by atoms with Crippen LogP contribution in [-0.4, -0.2) is 5.91 Å². The van der Waals surface area contributed by atoms with Crippen LogP contribution >= 0.6 is 0 Å². The molecule has 0 unspecified atom stereocenters. The molecule has 3 heteroatoms. The van der Waals surface area contributed by atoms with Gasteiger partial charge in [-0.1, -0.05) is 30.3 Å². The Balaban J connectivity index is 2.07. The molecule has 0 fully saturated rings. The lowest BCUT2D eigenvalue weighted by Gasteiger charge is -2.09. The molecule has 2 aromatic carbocycles. The third kappa shape index (κ3) is 3.54. The van der Waals surface area contributed by atoms with Gasteiger partial charge in [0.15, 0.2) is 0 Å². The molecule has 1 N–H and O–H groups in total. The Morgan fingerprint density at radius 2 is 1.65 bits per heavy atom. The van der Waals surface area contributed by atoms with E-state index in [2.05, 4.69) is 5.32 Å². The molecule has 102 valence electrons. The number of carbonyl (C=O) groups is 1. The molecule has 2 aromatic rings. The minimum absolute atomic E-state index is 0.202. The Labute approximate surface area is 118 Å². The SMILES string of the molecule is Cc1cccc(C)c1NC(=O)/C=C/c1ccc(F)cc1. The molecule has 0 aliphatic carbocycles. The summed E-state index contributed by atoms with van der Waals surface area (Å²) in [6.45, 7) is 3.90. The molecule has 0 aromatic heterocycles. The monoisotopic (exact) mass is 269 g/mol. The van der Waals surface area contributed by atoms with Gasteiger partial charge in [0, 0.05) is 11.8 Å². The van der Waals surface area contributed by atoms with E-state index in [1.165, 1.54) is 18.2 Å². The van der Waals surface area contributed by atoms with E-state index in [0.717, 1.165) is 22.4 Å². The molecule has 2 nitrogen and oxygen atoms in total. The number of para-hydroxylation sites is 1. The number of carbonyl (C=O) groups excluding carboxylic acids is 1. The van der Waals surface area contributed by atoms with Gasteiger partial charge < -0.3 is 5.32 Å². The van der Waals surface area contributed by atoms with Crippen LogP contribution in [0.3, 0.4) is 0 Å². The highest BCUT2D eigenvalue weighted by Crippen LogP contribution is 2.19. The molecular formula is C17H16FNO. The van der Waals surface area contributed by atoms with Gasteiger partial charge in [0.25, 0.3) is 0 Å². The second kappa shape index (κ2) is 6.15. The van der Waals surface area contributed by atoms with E-state index in [-0.39, 0.29) is 11.7 Å². The predicted octanol–water partition coefficient (Wildman–Crippen LogP) is 4.09. The van der Waals surface area contributed by atoms with Gasteiger partial charge in [-0.2, -0.15) is 0 Å². The lowest BCUT2D eigenvalue weighted by molar-refractivity contribution is -0.111. The van der Waals surface area contributed by atoms with Gasteiger partial charge in [0.2, 0.25) is 5.91 Å². The number of benzene rings is 2. The Morgan fingerprint density at radius 1 is 1.05 bits per heavy atom. The molecule has 0 aliphatic heterocycles. The minimum atomic E-state index is -0.290. The van der Waals surface area contributed by atoms with Crippen molar-refractivity contribution in [1.29, 1.82) is 0 Å². The largest absolute Gasteiger partial charge is 0.322 e. The number of amides is 1. The maximum absolute atomic E-state index is 12.8. The second-order valence-electron chi connectivity index (χ2n) is 4.64. The topological polar surface area (TPSA) is 29.1 Å². The first-order chi connectivity index (χ1) is 9.56. The van der Waals surface area contributed by atoms with Crippen molar-refractivity contribution in [2.24, 2.45) is 0 Å². The van der Waals surface area contributed by atoms with E-state index in [9.17, 15) is 9.18 Å². The maximum Gasteiger partial charge on any atom is 0.248 e. The summed E-state index contributed by atoms with van der Waals surface area (Å²) in [5, 5.41) is 2.86. The number of hydrogen-bond donors (Lipinski definition) is 1. The standard InChI is InChI=1S/C17H16FNO/c1-12-4-3-5-13(2)17(12)19-16(20)11-8-14-6-9-15(18)10-7-14/h3-11H,1-2H3,(H,19,20)/b11-8+. The molecule has 0 heterocycles. The first-order valence-corrected chi connectivity index (χ1v) is 6.37. The van der Waals surface area contributed by atoms with Gasteiger partial charge in [-0.05, 0) is 48.7 Å². The Hall–Kier alpha value is -2.42. The summed E-state index contributed by atoms with van der Waals surface area (Å²) in [7, 11) is 0. The summed E-state index contributed by atoms with van der Waals surface area (Å²) in [6, 6.07) is 11.8. The Bertz CT molecular complexity index is 624. The summed E-state index contributed by atoms with van der Waals surface area (Å²) >= 11 is 0. The number of aryl methyl sites for hydroxylation is 2. The fraction of sp³-hybridized carbons (Fsp3) is 0.118. The molecule has 0 aliphatic rings. The summed E-state index contributed by atoms with van der Waals surface area (Å²) in [5.41, 5.74) is 3.66. The molecule has 1 amide bonds. The number of anilines is 1. The number of rotatable bonds is 3. The van der Waals surface area contributed by atoms with Gasteiger partial charge in [-0.25, -0.2) is 4.39 Å². The molecule has 2 rings (SSSR count). The zero-order valence-electron chi connectivity index (χ0n) is 11.5. The van der Waals surface area contributed by atoms with Crippen LogP contribution in [0.15, 0.2) is 48.5 Å². The van der Waals surface area contributed by atoms with Crippen molar-refractivity contribution in [2.45, 2.75) is 13.8 Å². The lowest BCUT2D eigenvalue weighted by atomic mass is 10.1. The first kappa shape index (κ1) is 14.0. The number of nitrogens with one attached hydrogen (secondary N) is 1. The Kier molecular flexibility index (Phi) is 4.31. The third-order valence-corrected chi connectivity index (χ3v) is 3.03. The normalized spacial score (nSPS) is 10.8. The van der Waals surface area contributed by atoms with Crippen molar-refractivity contribution in [2.75, 3.05) is 5.32 Å². The van der Waals surface area contributed by atoms with Crippen LogP contribution in [0, 0.1) is 19.7 Å². The highest BCUT2D eigenvalue weighted by atomic mass is 19.1. The predicted molar refractivity (Wildman–Crippen MR) is 80.0 cm³/mol. The van der Waals surface area contributed by atoms with Crippen molar-refractivity contribution in [3.8, 4) is 0 Å². The van der Waals surface area contributed by atoms with Gasteiger partial charge in [0.05, 0.1) is 0 Å². The fourth-order valence-electron chi connectivity index (χ4n) is 1.92. The zero-order chi connectivity index (χ0) is 14.5. The van der Waals surface area contributed by atoms with Crippen molar-refractivity contribution < 1.29 is 9.18 Å². The van der Waals surface area contributed by atoms with Gasteiger partial charge in [0.1, 0.15) is 5.82 Å². The van der Waals surface area contributed by atoms with Crippen LogP contribution in [0.1, 0.15) is 16.7 Å². The highest BCUT2D eigenvalue weighted by Gasteiger charge is 2.04. The molecule has 0 saturated carbocycles. The molecule has 0 spiro atoms. The van der Waals surface area contributed by atoms with Gasteiger partial charge >= 0.3 is 0 Å². The average molecular weight is 269 g/mol. The summed E-state index contributed by atoms with van der Waals surface area (Å²) < 4.78 is 12.8. The summed E-state index contributed by atoms with van der Waals surface area (Å²) in [4.78, 5) is 11.9. The van der Waals surface area contributed by atoms with E-state index >= 15 is 0 Å². The smallest absolute Gasteiger partial charge is 0.248 e. The average Bonchev–Trinajstić information content (AvgIpc) is 2.42.